The number of imidazole rings is 1. The van der Waals surface area contributed by atoms with Gasteiger partial charge in [0.25, 0.3) is 0 Å². The summed E-state index contributed by atoms with van der Waals surface area (Å²) in [4.78, 5) is 18.6. The zero-order chi connectivity index (χ0) is 17.1. The number of nitrogens with zero attached hydrogens (tertiary/aromatic N) is 3. The van der Waals surface area contributed by atoms with E-state index in [0.717, 1.165) is 12.1 Å². The van der Waals surface area contributed by atoms with Gasteiger partial charge in [0, 0.05) is 32.0 Å². The van der Waals surface area contributed by atoms with Crippen LogP contribution in [0.1, 0.15) is 24.0 Å². The molecule has 0 unspecified atom stereocenters. The van der Waals surface area contributed by atoms with Crippen LogP contribution in [0.15, 0.2) is 43.0 Å². The Kier molecular flexibility index (Phi) is 4.70. The normalized spacial score (nSPS) is 20.5. The summed E-state index contributed by atoms with van der Waals surface area (Å²) in [7, 11) is 0. The lowest BCUT2D eigenvalue weighted by Crippen LogP contribution is -2.53. The van der Waals surface area contributed by atoms with E-state index in [1.807, 2.05) is 22.0 Å². The molecule has 2 fully saturated rings. The van der Waals surface area contributed by atoms with Crippen LogP contribution in [-0.2, 0) is 17.8 Å². The highest BCUT2D eigenvalue weighted by Crippen LogP contribution is 2.36. The Morgan fingerprint density at radius 3 is 2.76 bits per heavy atom. The third-order valence-corrected chi connectivity index (χ3v) is 4.98. The van der Waals surface area contributed by atoms with Crippen molar-refractivity contribution >= 4 is 6.03 Å². The van der Waals surface area contributed by atoms with E-state index < -0.39 is 0 Å². The van der Waals surface area contributed by atoms with Crippen molar-refractivity contribution < 1.29 is 9.53 Å². The summed E-state index contributed by atoms with van der Waals surface area (Å²) in [6.07, 6.45) is 7.98. The van der Waals surface area contributed by atoms with Crippen molar-refractivity contribution in [1.82, 2.24) is 19.8 Å². The van der Waals surface area contributed by atoms with Gasteiger partial charge in [0.05, 0.1) is 25.6 Å². The van der Waals surface area contributed by atoms with Crippen LogP contribution in [0.5, 0.6) is 0 Å². The number of morpholine rings is 1. The first-order valence-electron chi connectivity index (χ1n) is 8.95. The topological polar surface area (TPSA) is 59.4 Å². The van der Waals surface area contributed by atoms with Gasteiger partial charge in [-0.3, -0.25) is 0 Å². The molecule has 2 aromatic rings. The van der Waals surface area contributed by atoms with Gasteiger partial charge in [0.2, 0.25) is 0 Å². The molecule has 132 valence electrons. The molecule has 4 rings (SSSR count). The minimum absolute atomic E-state index is 0.0303. The van der Waals surface area contributed by atoms with Gasteiger partial charge < -0.3 is 19.5 Å². The molecule has 0 bridgehead atoms. The third kappa shape index (κ3) is 4.02. The van der Waals surface area contributed by atoms with Crippen LogP contribution < -0.4 is 5.32 Å². The molecule has 2 aliphatic rings. The molecule has 1 aromatic carbocycles. The Morgan fingerprint density at radius 1 is 1.24 bits per heavy atom. The second-order valence-electron chi connectivity index (χ2n) is 6.88. The number of hydrogen-bond donors (Lipinski definition) is 1. The number of benzene rings is 1. The van der Waals surface area contributed by atoms with Gasteiger partial charge in [-0.15, -0.1) is 0 Å². The lowest BCUT2D eigenvalue weighted by Gasteiger charge is -2.35. The minimum Gasteiger partial charge on any atom is -0.377 e. The summed E-state index contributed by atoms with van der Waals surface area (Å²) in [6, 6.07) is 8.63. The monoisotopic (exact) mass is 340 g/mol. The Morgan fingerprint density at radius 2 is 2.04 bits per heavy atom. The molecular weight excluding hydrogens is 316 g/mol. The number of hydrogen-bond acceptors (Lipinski definition) is 3. The molecule has 0 spiro atoms. The van der Waals surface area contributed by atoms with Crippen molar-refractivity contribution in [3.8, 4) is 0 Å². The van der Waals surface area contributed by atoms with Crippen molar-refractivity contribution in [3.05, 3.63) is 54.1 Å². The summed E-state index contributed by atoms with van der Waals surface area (Å²) >= 11 is 0. The Bertz CT molecular complexity index is 695. The SMILES string of the molecule is O=C(NCc1ccc(Cn2ccnc2)cc1)N1CCOC[C@@H]1C1CC1. The van der Waals surface area contributed by atoms with E-state index in [1.54, 1.807) is 6.20 Å². The first-order valence-corrected chi connectivity index (χ1v) is 8.95. The van der Waals surface area contributed by atoms with Crippen LogP contribution in [0.4, 0.5) is 4.79 Å². The molecule has 2 heterocycles. The van der Waals surface area contributed by atoms with Gasteiger partial charge in [-0.25, -0.2) is 9.78 Å². The number of carbonyl (C=O) groups excluding carboxylic acids is 1. The van der Waals surface area contributed by atoms with E-state index in [1.165, 1.54) is 18.4 Å². The van der Waals surface area contributed by atoms with Crippen LogP contribution in [0.2, 0.25) is 0 Å². The Labute approximate surface area is 147 Å². The fourth-order valence-corrected chi connectivity index (χ4v) is 3.38. The maximum atomic E-state index is 12.5. The fraction of sp³-hybridized carbons (Fsp3) is 0.474. The summed E-state index contributed by atoms with van der Waals surface area (Å²) in [5, 5.41) is 3.06. The number of ether oxygens (including phenoxy) is 1. The molecule has 6 nitrogen and oxygen atoms in total. The summed E-state index contributed by atoms with van der Waals surface area (Å²) in [6.45, 7) is 3.37. The summed E-state index contributed by atoms with van der Waals surface area (Å²) in [5.41, 5.74) is 2.33. The number of urea groups is 1. The molecule has 1 aliphatic carbocycles. The number of aromatic nitrogens is 2. The third-order valence-electron chi connectivity index (χ3n) is 4.98. The maximum Gasteiger partial charge on any atom is 0.318 e. The van der Waals surface area contributed by atoms with E-state index in [-0.39, 0.29) is 12.1 Å². The Hall–Kier alpha value is -2.34. The average molecular weight is 340 g/mol. The molecule has 25 heavy (non-hydrogen) atoms. The van der Waals surface area contributed by atoms with Crippen molar-refractivity contribution in [2.24, 2.45) is 5.92 Å². The minimum atomic E-state index is 0.0303. The first kappa shape index (κ1) is 16.1. The van der Waals surface area contributed by atoms with Crippen LogP contribution >= 0.6 is 0 Å². The quantitative estimate of drug-likeness (QED) is 0.908. The molecule has 1 aliphatic heterocycles. The predicted octanol–water partition coefficient (Wildman–Crippen LogP) is 2.25. The zero-order valence-corrected chi connectivity index (χ0v) is 14.3. The van der Waals surface area contributed by atoms with Crippen molar-refractivity contribution in [3.63, 3.8) is 0 Å². The van der Waals surface area contributed by atoms with E-state index >= 15 is 0 Å². The number of nitrogens with one attached hydrogen (secondary N) is 1. The van der Waals surface area contributed by atoms with Gasteiger partial charge >= 0.3 is 6.03 Å². The number of amides is 2. The van der Waals surface area contributed by atoms with Crippen LogP contribution in [0, 0.1) is 5.92 Å². The number of rotatable bonds is 5. The average Bonchev–Trinajstić information content (AvgIpc) is 3.38. The smallest absolute Gasteiger partial charge is 0.318 e. The molecule has 1 saturated heterocycles. The van der Waals surface area contributed by atoms with Gasteiger partial charge in [-0.2, -0.15) is 0 Å². The van der Waals surface area contributed by atoms with E-state index in [2.05, 4.69) is 34.6 Å². The summed E-state index contributed by atoms with van der Waals surface area (Å²) < 4.78 is 7.59. The molecule has 0 radical (unpaired) electrons. The molecule has 2 amide bonds. The lowest BCUT2D eigenvalue weighted by molar-refractivity contribution is 0.00463. The largest absolute Gasteiger partial charge is 0.377 e. The van der Waals surface area contributed by atoms with Crippen LogP contribution in [-0.4, -0.2) is 46.3 Å². The zero-order valence-electron chi connectivity index (χ0n) is 14.3. The molecular formula is C19H24N4O2. The molecule has 1 atom stereocenters. The molecule has 6 heteroatoms. The molecule has 1 aromatic heterocycles. The predicted molar refractivity (Wildman–Crippen MR) is 94.0 cm³/mol. The second-order valence-corrected chi connectivity index (χ2v) is 6.88. The lowest BCUT2D eigenvalue weighted by atomic mass is 10.1. The second kappa shape index (κ2) is 7.27. The Balaban J connectivity index is 1.30. The van der Waals surface area contributed by atoms with Crippen LogP contribution in [0.3, 0.4) is 0 Å². The van der Waals surface area contributed by atoms with E-state index in [0.29, 0.717) is 32.2 Å². The maximum absolute atomic E-state index is 12.5. The summed E-state index contributed by atoms with van der Waals surface area (Å²) in [5.74, 6) is 0.633. The first-order chi connectivity index (χ1) is 12.3. The fourth-order valence-electron chi connectivity index (χ4n) is 3.38. The number of carbonyl (C=O) groups is 1. The molecule has 1 saturated carbocycles. The van der Waals surface area contributed by atoms with Crippen molar-refractivity contribution in [2.75, 3.05) is 19.8 Å². The van der Waals surface area contributed by atoms with Crippen molar-refractivity contribution in [2.45, 2.75) is 32.0 Å². The van der Waals surface area contributed by atoms with Gasteiger partial charge in [0.1, 0.15) is 0 Å². The van der Waals surface area contributed by atoms with E-state index in [9.17, 15) is 4.79 Å². The van der Waals surface area contributed by atoms with Gasteiger partial charge in [-0.1, -0.05) is 24.3 Å². The highest BCUT2D eigenvalue weighted by Gasteiger charge is 2.39. The van der Waals surface area contributed by atoms with E-state index in [4.69, 9.17) is 4.74 Å². The van der Waals surface area contributed by atoms with Gasteiger partial charge in [-0.05, 0) is 29.9 Å². The highest BCUT2D eigenvalue weighted by molar-refractivity contribution is 5.74. The standard InChI is InChI=1S/C19H24N4O2/c24-19(23-9-10-25-13-18(23)17-5-6-17)21-11-15-1-3-16(4-2-15)12-22-8-7-20-14-22/h1-4,7-8,14,17-18H,5-6,9-13H2,(H,21,24)/t18-/m1/s1. The molecule has 1 N–H and O–H groups in total. The van der Waals surface area contributed by atoms with Gasteiger partial charge in [0.15, 0.2) is 0 Å². The van der Waals surface area contributed by atoms with Crippen LogP contribution in [0.25, 0.3) is 0 Å². The highest BCUT2D eigenvalue weighted by atomic mass is 16.5. The van der Waals surface area contributed by atoms with Crippen molar-refractivity contribution in [1.29, 1.82) is 0 Å².